The van der Waals surface area contributed by atoms with Gasteiger partial charge in [0.1, 0.15) is 24.0 Å². The number of nitro benzene ring substituents is 1. The number of rotatable bonds is 6. The molecule has 0 radical (unpaired) electrons. The van der Waals surface area contributed by atoms with Gasteiger partial charge in [0.25, 0.3) is 5.69 Å². The highest BCUT2D eigenvalue weighted by Gasteiger charge is 2.76. The highest BCUT2D eigenvalue weighted by Crippen LogP contribution is 2.71. The van der Waals surface area contributed by atoms with Gasteiger partial charge in [-0.05, 0) is 55.2 Å². The summed E-state index contributed by atoms with van der Waals surface area (Å²) in [5, 5.41) is 34.5. The van der Waals surface area contributed by atoms with E-state index in [0.29, 0.717) is 0 Å². The zero-order valence-corrected chi connectivity index (χ0v) is 23.7. The van der Waals surface area contributed by atoms with Crippen LogP contribution in [0.5, 0.6) is 0 Å². The zero-order valence-electron chi connectivity index (χ0n) is 23.7. The number of halogens is 2. The van der Waals surface area contributed by atoms with E-state index >= 15 is 8.78 Å². The van der Waals surface area contributed by atoms with Gasteiger partial charge in [0, 0.05) is 29.2 Å². The molecule has 0 aliphatic heterocycles. The van der Waals surface area contributed by atoms with Crippen molar-refractivity contribution in [2.45, 2.75) is 83.0 Å². The fraction of sp³-hybridized carbons (Fsp3) is 0.633. The van der Waals surface area contributed by atoms with Gasteiger partial charge in [0.05, 0.1) is 16.6 Å². The predicted molar refractivity (Wildman–Crippen MR) is 142 cm³/mol. The maximum atomic E-state index is 17.3. The molecule has 0 spiro atoms. The summed E-state index contributed by atoms with van der Waals surface area (Å²) >= 11 is 0. The number of nitrogens with zero attached hydrogens (tertiary/aromatic N) is 1. The second-order valence-electron chi connectivity index (χ2n) is 12.8. The Labute approximate surface area is 241 Å². The van der Waals surface area contributed by atoms with E-state index in [1.54, 1.807) is 20.8 Å². The first-order chi connectivity index (χ1) is 19.6. The van der Waals surface area contributed by atoms with Crippen LogP contribution in [-0.4, -0.2) is 63.0 Å². The van der Waals surface area contributed by atoms with Crippen molar-refractivity contribution in [1.82, 2.24) is 0 Å². The SMILES string of the molecule is CC1C[C@H]2[C@@H]3CC(F)C4=CC(=O)CC[C@]4(C)[C@@]3(F)C(O)C[C@]2(C)[C@@]1(O)C(=O)COC(=O)OCc1ccccc1[N+](=O)[O-]. The summed E-state index contributed by atoms with van der Waals surface area (Å²) in [5.41, 5.74) is -7.29. The first-order valence-electron chi connectivity index (χ1n) is 14.1. The largest absolute Gasteiger partial charge is 0.509 e. The Hall–Kier alpha value is -3.25. The molecule has 1 aromatic rings. The lowest BCUT2D eigenvalue weighted by Gasteiger charge is -2.63. The average molecular weight is 592 g/mol. The zero-order chi connectivity index (χ0) is 30.8. The smallest absolute Gasteiger partial charge is 0.429 e. The number of nitro groups is 1. The van der Waals surface area contributed by atoms with Crippen LogP contribution in [0.3, 0.4) is 0 Å². The van der Waals surface area contributed by atoms with Gasteiger partial charge in [-0.25, -0.2) is 13.6 Å². The summed E-state index contributed by atoms with van der Waals surface area (Å²) < 4.78 is 42.8. The van der Waals surface area contributed by atoms with Crippen molar-refractivity contribution in [2.75, 3.05) is 6.61 Å². The molecule has 42 heavy (non-hydrogen) atoms. The summed E-state index contributed by atoms with van der Waals surface area (Å²) in [6, 6.07) is 5.63. The van der Waals surface area contributed by atoms with Gasteiger partial charge in [-0.3, -0.25) is 19.7 Å². The van der Waals surface area contributed by atoms with Crippen molar-refractivity contribution >= 4 is 23.4 Å². The maximum Gasteiger partial charge on any atom is 0.509 e. The second kappa shape index (κ2) is 10.2. The number of aliphatic hydroxyl groups is 2. The van der Waals surface area contributed by atoms with Crippen LogP contribution < -0.4 is 0 Å². The number of fused-ring (bicyclic) bond motifs is 5. The molecule has 0 heterocycles. The minimum Gasteiger partial charge on any atom is -0.429 e. The lowest BCUT2D eigenvalue weighted by atomic mass is 9.43. The van der Waals surface area contributed by atoms with Crippen molar-refractivity contribution in [2.24, 2.45) is 28.6 Å². The molecular weight excluding hydrogens is 556 g/mol. The molecule has 10 nitrogen and oxygen atoms in total. The lowest BCUT2D eigenvalue weighted by Crippen LogP contribution is -2.71. The molecule has 0 amide bonds. The van der Waals surface area contributed by atoms with Gasteiger partial charge in [-0.1, -0.05) is 32.9 Å². The number of hydrogen-bond donors (Lipinski definition) is 2. The molecule has 4 aliphatic carbocycles. The van der Waals surface area contributed by atoms with Crippen LogP contribution in [0.2, 0.25) is 0 Å². The number of ketones is 2. The Morgan fingerprint density at radius 1 is 1.17 bits per heavy atom. The topological polar surface area (TPSA) is 153 Å². The number of carbonyl (C=O) groups excluding carboxylic acids is 3. The highest BCUT2D eigenvalue weighted by atomic mass is 19.1. The van der Waals surface area contributed by atoms with E-state index < -0.39 is 82.2 Å². The van der Waals surface area contributed by atoms with Gasteiger partial charge in [0.2, 0.25) is 5.78 Å². The van der Waals surface area contributed by atoms with E-state index in [1.807, 2.05) is 0 Å². The van der Waals surface area contributed by atoms with Gasteiger partial charge in [-0.2, -0.15) is 0 Å². The third-order valence-electron chi connectivity index (χ3n) is 10.9. The van der Waals surface area contributed by atoms with Crippen LogP contribution in [0.1, 0.15) is 58.4 Å². The molecule has 0 bridgehead atoms. The molecule has 0 saturated heterocycles. The quantitative estimate of drug-likeness (QED) is 0.279. The summed E-state index contributed by atoms with van der Waals surface area (Å²) in [6.07, 6.45) is -3.72. The summed E-state index contributed by atoms with van der Waals surface area (Å²) in [6.45, 7) is 3.37. The lowest BCUT2D eigenvalue weighted by molar-refractivity contribution is -0.385. The third-order valence-corrected chi connectivity index (χ3v) is 10.9. The molecule has 228 valence electrons. The summed E-state index contributed by atoms with van der Waals surface area (Å²) in [7, 11) is 0. The first-order valence-corrected chi connectivity index (χ1v) is 14.1. The molecule has 3 fully saturated rings. The van der Waals surface area contributed by atoms with Gasteiger partial charge in [0.15, 0.2) is 12.4 Å². The number of hydrogen-bond acceptors (Lipinski definition) is 9. The number of Topliss-reactive ketones (excluding diaryl/α,β-unsaturated/α-hetero) is 1. The van der Waals surface area contributed by atoms with Crippen LogP contribution in [0.25, 0.3) is 0 Å². The molecule has 3 unspecified atom stereocenters. The molecule has 5 rings (SSSR count). The minimum absolute atomic E-state index is 0.0314. The number of ether oxygens (including phenoxy) is 2. The molecule has 2 N–H and O–H groups in total. The van der Waals surface area contributed by atoms with Crippen LogP contribution >= 0.6 is 0 Å². The number of carbonyl (C=O) groups is 3. The van der Waals surface area contributed by atoms with Crippen LogP contribution in [-0.2, 0) is 25.7 Å². The van der Waals surface area contributed by atoms with E-state index in [2.05, 4.69) is 0 Å². The number of para-hydroxylation sites is 1. The average Bonchev–Trinajstić information content (AvgIpc) is 3.14. The second-order valence-corrected chi connectivity index (χ2v) is 12.8. The van der Waals surface area contributed by atoms with E-state index in [0.717, 1.165) is 0 Å². The number of benzene rings is 1. The molecule has 3 saturated carbocycles. The number of alkyl halides is 2. The van der Waals surface area contributed by atoms with Gasteiger partial charge < -0.3 is 19.7 Å². The Morgan fingerprint density at radius 3 is 2.55 bits per heavy atom. The van der Waals surface area contributed by atoms with E-state index in [9.17, 15) is 34.7 Å². The minimum atomic E-state index is -2.28. The van der Waals surface area contributed by atoms with Crippen LogP contribution in [0.15, 0.2) is 35.9 Å². The maximum absolute atomic E-state index is 17.3. The molecular formula is C30H35F2NO9. The normalized spacial score (nSPS) is 40.7. The van der Waals surface area contributed by atoms with Crippen molar-refractivity contribution in [3.8, 4) is 0 Å². The Morgan fingerprint density at radius 2 is 1.86 bits per heavy atom. The fourth-order valence-electron chi connectivity index (χ4n) is 8.71. The Balaban J connectivity index is 1.34. The van der Waals surface area contributed by atoms with Crippen molar-refractivity contribution in [1.29, 1.82) is 0 Å². The monoisotopic (exact) mass is 591 g/mol. The van der Waals surface area contributed by atoms with Gasteiger partial charge in [-0.15, -0.1) is 0 Å². The molecule has 4 aliphatic rings. The first kappa shape index (κ1) is 30.2. The third kappa shape index (κ3) is 4.12. The fourth-order valence-corrected chi connectivity index (χ4v) is 8.71. The molecule has 0 aromatic heterocycles. The molecule has 9 atom stereocenters. The molecule has 1 aromatic carbocycles. The van der Waals surface area contributed by atoms with Gasteiger partial charge >= 0.3 is 6.16 Å². The van der Waals surface area contributed by atoms with Crippen LogP contribution in [0.4, 0.5) is 19.3 Å². The van der Waals surface area contributed by atoms with Crippen molar-refractivity contribution in [3.05, 3.63) is 51.6 Å². The summed E-state index contributed by atoms with van der Waals surface area (Å²) in [4.78, 5) is 48.4. The van der Waals surface area contributed by atoms with E-state index in [1.165, 1.54) is 30.3 Å². The predicted octanol–water partition coefficient (Wildman–Crippen LogP) is 4.34. The highest BCUT2D eigenvalue weighted by molar-refractivity contribution is 5.92. The number of allylic oxidation sites excluding steroid dienone is 1. The van der Waals surface area contributed by atoms with E-state index in [4.69, 9.17) is 9.47 Å². The summed E-state index contributed by atoms with van der Waals surface area (Å²) in [5.74, 6) is -3.61. The Kier molecular flexibility index (Phi) is 7.33. The number of aliphatic hydroxyl groups excluding tert-OH is 1. The van der Waals surface area contributed by atoms with Crippen LogP contribution in [0, 0.1) is 38.7 Å². The molecule has 12 heteroatoms. The Bertz CT molecular complexity index is 1370. The van der Waals surface area contributed by atoms with Crippen molar-refractivity contribution in [3.63, 3.8) is 0 Å². The van der Waals surface area contributed by atoms with E-state index in [-0.39, 0.29) is 54.7 Å². The standard InChI is InChI=1S/C30H35F2NO9/c1-16-10-19-20-12-22(31)21-11-18(34)8-9-27(21,2)29(20,32)24(35)13-28(19,3)30(16,38)25(36)15-42-26(37)41-14-17-6-4-5-7-23(17)33(39)40/h4-7,11,16,19-20,22,24,35,38H,8-10,12-15H2,1-3H3/t16?,19-,20-,22?,24?,27-,28-,29-,30-/m0/s1. The van der Waals surface area contributed by atoms with Crippen molar-refractivity contribution < 1.29 is 47.8 Å².